The first-order valence-electron chi connectivity index (χ1n) is 6.68. The van der Waals surface area contributed by atoms with Gasteiger partial charge in [-0.25, -0.2) is 0 Å². The lowest BCUT2D eigenvalue weighted by atomic mass is 9.90. The first kappa shape index (κ1) is 19.1. The lowest BCUT2D eigenvalue weighted by molar-refractivity contribution is -0.407. The molecule has 1 fully saturated rings. The largest absolute Gasteiger partial charge is 0.480 e. The van der Waals surface area contributed by atoms with E-state index >= 15 is 0 Å². The van der Waals surface area contributed by atoms with Gasteiger partial charge in [0.15, 0.2) is 0 Å². The van der Waals surface area contributed by atoms with Crippen molar-refractivity contribution in [1.29, 1.82) is 0 Å². The Labute approximate surface area is 125 Å². The summed E-state index contributed by atoms with van der Waals surface area (Å²) in [5.41, 5.74) is 0. The van der Waals surface area contributed by atoms with E-state index in [1.807, 2.05) is 0 Å². The maximum atomic E-state index is 13.3. The van der Waals surface area contributed by atoms with Gasteiger partial charge in [0.2, 0.25) is 0 Å². The molecule has 1 aliphatic heterocycles. The second-order valence-electron chi connectivity index (χ2n) is 5.49. The van der Waals surface area contributed by atoms with Gasteiger partial charge in [0, 0.05) is 12.0 Å². The lowest BCUT2D eigenvalue weighted by Crippen LogP contribution is -2.62. The minimum atomic E-state index is -4.17. The molecule has 1 unspecified atom stereocenters. The highest BCUT2D eigenvalue weighted by atomic mass is 19.3. The Morgan fingerprint density at radius 3 is 2.05 bits per heavy atom. The number of nitrogens with zero attached hydrogens (tertiary/aromatic N) is 1. The Balaban J connectivity index is 3.02. The smallest absolute Gasteiger partial charge is 0.372 e. The third kappa shape index (κ3) is 4.51. The monoisotopic (exact) mass is 332 g/mol. The number of rotatable bonds is 6. The fourth-order valence-corrected chi connectivity index (χ4v) is 2.53. The summed E-state index contributed by atoms with van der Waals surface area (Å²) >= 11 is 0. The second-order valence-corrected chi connectivity index (χ2v) is 5.49. The average molecular weight is 332 g/mol. The van der Waals surface area contributed by atoms with Gasteiger partial charge in [-0.3, -0.25) is 14.4 Å². The molecule has 0 aromatic heterocycles. The first-order valence-corrected chi connectivity index (χ1v) is 6.68. The number of hydrogen-bond acceptors (Lipinski definition) is 5. The number of carboxylic acid groups (broad SMARTS) is 1. The number of morpholine rings is 1. The van der Waals surface area contributed by atoms with E-state index in [0.717, 1.165) is 0 Å². The van der Waals surface area contributed by atoms with Crippen molar-refractivity contribution in [2.45, 2.75) is 44.3 Å². The Hall–Kier alpha value is -0.970. The zero-order valence-electron chi connectivity index (χ0n) is 12.4. The van der Waals surface area contributed by atoms with Gasteiger partial charge in [-0.15, -0.1) is 0 Å². The highest BCUT2D eigenvalue weighted by Gasteiger charge is 2.55. The van der Waals surface area contributed by atoms with Crippen LogP contribution in [-0.4, -0.2) is 71.6 Å². The molecule has 0 saturated carbocycles. The molecule has 6 nitrogen and oxygen atoms in total. The molecule has 4 atom stereocenters. The molecule has 1 aliphatic rings. The van der Waals surface area contributed by atoms with Crippen molar-refractivity contribution in [3.8, 4) is 0 Å². The first-order chi connectivity index (χ1) is 9.90. The van der Waals surface area contributed by atoms with Crippen LogP contribution in [-0.2, 0) is 9.53 Å². The van der Waals surface area contributed by atoms with Gasteiger partial charge in [0.1, 0.15) is 6.04 Å². The van der Waals surface area contributed by atoms with Crippen LogP contribution in [0.5, 0.6) is 0 Å². The van der Waals surface area contributed by atoms with E-state index in [2.05, 4.69) is 10.1 Å². The Morgan fingerprint density at radius 2 is 1.68 bits per heavy atom. The summed E-state index contributed by atoms with van der Waals surface area (Å²) in [6, 6.07) is -2.25. The molecular weight excluding hydrogens is 312 g/mol. The molecule has 1 heterocycles. The molecule has 10 heteroatoms. The number of nitrogens with one attached hydrogen (secondary N) is 1. The summed E-state index contributed by atoms with van der Waals surface area (Å²) in [7, 11) is 1.52. The number of likely N-dealkylation sites (N-methyl/N-ethyl adjacent to an activating group) is 1. The predicted octanol–water partition coefficient (Wildman–Crippen LogP) is 0.562. The zero-order valence-corrected chi connectivity index (χ0v) is 12.4. The molecule has 0 spiro atoms. The van der Waals surface area contributed by atoms with Crippen molar-refractivity contribution in [2.24, 2.45) is 5.92 Å². The zero-order chi connectivity index (χ0) is 17.3. The van der Waals surface area contributed by atoms with Gasteiger partial charge in [-0.1, -0.05) is 6.92 Å². The van der Waals surface area contributed by atoms with Crippen LogP contribution >= 0.6 is 0 Å². The number of hydrogen-bond donors (Lipinski definition) is 3. The van der Waals surface area contributed by atoms with Gasteiger partial charge in [0.05, 0.1) is 19.2 Å². The Kier molecular flexibility index (Phi) is 5.77. The number of aliphatic hydroxyl groups excluding tert-OH is 1. The number of alkyl halides is 4. The van der Waals surface area contributed by atoms with Gasteiger partial charge in [-0.2, -0.15) is 17.6 Å². The maximum absolute atomic E-state index is 13.3. The highest BCUT2D eigenvalue weighted by molar-refractivity contribution is 5.74. The van der Waals surface area contributed by atoms with E-state index in [9.17, 15) is 32.6 Å². The number of aliphatic hydroxyl groups is 1. The van der Waals surface area contributed by atoms with Crippen LogP contribution in [0.1, 0.15) is 13.8 Å². The predicted molar refractivity (Wildman–Crippen MR) is 67.7 cm³/mol. The molecule has 1 saturated heterocycles. The van der Waals surface area contributed by atoms with E-state index in [1.165, 1.54) is 14.0 Å². The fraction of sp³-hybridized carbons (Fsp3) is 0.917. The summed E-state index contributed by atoms with van der Waals surface area (Å²) in [6.07, 6.45) is -9.57. The standard InChI is InChI=1S/C12H20F4N2O4/c1-6(9(19)7(2)17-3)8(10(20)21)18-4-11(13,14)22-12(15,16)5-18/h6-9,17,19H,4-5H2,1-3H3,(H,20,21)/t6-,7+,8?,9-/m1/s1. The number of carboxylic acids is 1. The van der Waals surface area contributed by atoms with Crippen LogP contribution in [0.15, 0.2) is 0 Å². The molecule has 0 aromatic carbocycles. The molecular formula is C12H20F4N2O4. The molecule has 22 heavy (non-hydrogen) atoms. The second kappa shape index (κ2) is 6.65. The Bertz CT molecular complexity index is 395. The average Bonchev–Trinajstić information content (AvgIpc) is 2.32. The molecule has 130 valence electrons. The summed E-state index contributed by atoms with van der Waals surface area (Å²) < 4.78 is 56.4. The van der Waals surface area contributed by atoms with Crippen molar-refractivity contribution in [1.82, 2.24) is 10.2 Å². The third-order valence-electron chi connectivity index (χ3n) is 3.72. The van der Waals surface area contributed by atoms with Crippen LogP contribution in [0.2, 0.25) is 0 Å². The van der Waals surface area contributed by atoms with Crippen LogP contribution < -0.4 is 5.32 Å². The van der Waals surface area contributed by atoms with Crippen LogP contribution in [0.25, 0.3) is 0 Å². The quantitative estimate of drug-likeness (QED) is 0.617. The van der Waals surface area contributed by atoms with Crippen LogP contribution in [0.4, 0.5) is 17.6 Å². The lowest BCUT2D eigenvalue weighted by Gasteiger charge is -2.42. The van der Waals surface area contributed by atoms with Crippen molar-refractivity contribution >= 4 is 5.97 Å². The highest BCUT2D eigenvalue weighted by Crippen LogP contribution is 2.35. The molecule has 0 aliphatic carbocycles. The molecule has 1 rings (SSSR count). The van der Waals surface area contributed by atoms with E-state index in [0.29, 0.717) is 4.90 Å². The minimum absolute atomic E-state index is 0.433. The van der Waals surface area contributed by atoms with Gasteiger partial charge in [-0.05, 0) is 14.0 Å². The van der Waals surface area contributed by atoms with Gasteiger partial charge < -0.3 is 15.5 Å². The molecule has 0 amide bonds. The fourth-order valence-electron chi connectivity index (χ4n) is 2.53. The van der Waals surface area contributed by atoms with Gasteiger partial charge in [0.25, 0.3) is 0 Å². The minimum Gasteiger partial charge on any atom is -0.480 e. The molecule has 0 bridgehead atoms. The number of carbonyl (C=O) groups is 1. The van der Waals surface area contributed by atoms with E-state index in [-0.39, 0.29) is 0 Å². The van der Waals surface area contributed by atoms with E-state index in [1.54, 1.807) is 6.92 Å². The molecule has 0 aromatic rings. The SMILES string of the molecule is CN[C@@H](C)[C@H](O)[C@H](C)C(C(=O)O)N1CC(F)(F)OC(F)(F)C1. The Morgan fingerprint density at radius 1 is 1.23 bits per heavy atom. The van der Waals surface area contributed by atoms with Crippen molar-refractivity contribution in [2.75, 3.05) is 20.1 Å². The maximum Gasteiger partial charge on any atom is 0.372 e. The third-order valence-corrected chi connectivity index (χ3v) is 3.72. The molecule has 3 N–H and O–H groups in total. The van der Waals surface area contributed by atoms with Crippen molar-refractivity contribution in [3.05, 3.63) is 0 Å². The van der Waals surface area contributed by atoms with E-state index in [4.69, 9.17) is 0 Å². The van der Waals surface area contributed by atoms with Crippen molar-refractivity contribution in [3.63, 3.8) is 0 Å². The normalized spacial score (nSPS) is 26.9. The topological polar surface area (TPSA) is 82.0 Å². The van der Waals surface area contributed by atoms with E-state index < -0.39 is 55.4 Å². The number of ether oxygens (including phenoxy) is 1. The summed E-state index contributed by atoms with van der Waals surface area (Å²) in [5.74, 6) is -2.63. The van der Waals surface area contributed by atoms with Crippen molar-refractivity contribution < 1.29 is 37.3 Å². The summed E-state index contributed by atoms with van der Waals surface area (Å²) in [5, 5.41) is 22.0. The van der Waals surface area contributed by atoms with Crippen LogP contribution in [0, 0.1) is 5.92 Å². The molecule has 0 radical (unpaired) electrons. The van der Waals surface area contributed by atoms with Crippen LogP contribution in [0.3, 0.4) is 0 Å². The number of halogens is 4. The number of aliphatic carboxylic acids is 1. The van der Waals surface area contributed by atoms with Gasteiger partial charge >= 0.3 is 18.2 Å². The summed E-state index contributed by atoms with van der Waals surface area (Å²) in [4.78, 5) is 11.8. The summed E-state index contributed by atoms with van der Waals surface area (Å²) in [6.45, 7) is 0.292.